The van der Waals surface area contributed by atoms with Crippen LogP contribution in [0.1, 0.15) is 23.1 Å². The first kappa shape index (κ1) is 20.5. The smallest absolute Gasteiger partial charge is 0.269 e. The summed E-state index contributed by atoms with van der Waals surface area (Å²) in [7, 11) is 0. The third-order valence-electron chi connectivity index (χ3n) is 5.09. The van der Waals surface area contributed by atoms with Crippen molar-refractivity contribution in [1.29, 1.82) is 0 Å². The van der Waals surface area contributed by atoms with Gasteiger partial charge in [0.15, 0.2) is 0 Å². The Hall–Kier alpha value is -3.74. The second kappa shape index (κ2) is 8.95. The molecule has 4 rings (SSSR count). The monoisotopic (exact) mass is 419 g/mol. The fourth-order valence-corrected chi connectivity index (χ4v) is 3.53. The lowest BCUT2D eigenvalue weighted by Gasteiger charge is -2.04. The van der Waals surface area contributed by atoms with Crippen molar-refractivity contribution >= 4 is 16.6 Å². The van der Waals surface area contributed by atoms with Gasteiger partial charge in [0.1, 0.15) is 5.82 Å². The number of aryl methyl sites for hydroxylation is 2. The van der Waals surface area contributed by atoms with Crippen LogP contribution >= 0.6 is 0 Å². The molecule has 0 fully saturated rings. The number of nitro benzene ring substituents is 1. The number of fused-ring (bicyclic) bond motifs is 1. The van der Waals surface area contributed by atoms with E-state index in [1.165, 1.54) is 18.2 Å². The van der Waals surface area contributed by atoms with Crippen LogP contribution in [0.3, 0.4) is 0 Å². The van der Waals surface area contributed by atoms with Gasteiger partial charge < -0.3 is 4.74 Å². The van der Waals surface area contributed by atoms with Crippen molar-refractivity contribution in [2.45, 2.75) is 26.3 Å². The van der Waals surface area contributed by atoms with Gasteiger partial charge in [-0.05, 0) is 55.2 Å². The predicted molar refractivity (Wildman–Crippen MR) is 117 cm³/mol. The van der Waals surface area contributed by atoms with Gasteiger partial charge in [-0.3, -0.25) is 14.8 Å². The first-order chi connectivity index (χ1) is 15.0. The molecule has 0 saturated heterocycles. The number of nitrogens with zero attached hydrogens (tertiary/aromatic N) is 3. The molecule has 1 heterocycles. The van der Waals surface area contributed by atoms with Gasteiger partial charge in [0.2, 0.25) is 5.88 Å². The zero-order chi connectivity index (χ0) is 21.8. The number of nitro groups is 1. The molecule has 0 amide bonds. The van der Waals surface area contributed by atoms with Gasteiger partial charge in [-0.2, -0.15) is 0 Å². The summed E-state index contributed by atoms with van der Waals surface area (Å²) in [6.07, 6.45) is 1.56. The molecule has 0 saturated carbocycles. The average molecular weight is 419 g/mol. The highest BCUT2D eigenvalue weighted by atomic mass is 19.1. The summed E-state index contributed by atoms with van der Waals surface area (Å²) in [4.78, 5) is 10.7. The summed E-state index contributed by atoms with van der Waals surface area (Å²) in [6, 6.07) is 19.1. The van der Waals surface area contributed by atoms with Crippen molar-refractivity contribution in [3.8, 4) is 5.88 Å². The van der Waals surface area contributed by atoms with E-state index in [9.17, 15) is 14.5 Å². The Bertz CT molecular complexity index is 1220. The highest BCUT2D eigenvalue weighted by molar-refractivity contribution is 5.85. The number of non-ortho nitro benzene ring substituents is 1. The lowest BCUT2D eigenvalue weighted by atomic mass is 10.1. The van der Waals surface area contributed by atoms with Gasteiger partial charge in [0.05, 0.1) is 29.0 Å². The summed E-state index contributed by atoms with van der Waals surface area (Å²) < 4.78 is 20.8. The minimum absolute atomic E-state index is 0.0575. The molecule has 0 aliphatic carbocycles. The molecular formula is C24H22FN3O3. The largest absolute Gasteiger partial charge is 0.476 e. The van der Waals surface area contributed by atoms with Crippen molar-refractivity contribution in [3.05, 3.63) is 99.4 Å². The Balaban J connectivity index is 1.51. The van der Waals surface area contributed by atoms with Crippen LogP contribution in [0.2, 0.25) is 0 Å². The fourth-order valence-electron chi connectivity index (χ4n) is 3.53. The van der Waals surface area contributed by atoms with Gasteiger partial charge >= 0.3 is 0 Å². The molecule has 6 nitrogen and oxygen atoms in total. The van der Waals surface area contributed by atoms with Gasteiger partial charge in [0.25, 0.3) is 5.69 Å². The summed E-state index contributed by atoms with van der Waals surface area (Å²) in [5.41, 5.74) is 3.91. The van der Waals surface area contributed by atoms with Gasteiger partial charge in [-0.1, -0.05) is 35.9 Å². The van der Waals surface area contributed by atoms with E-state index in [2.05, 4.69) is 5.10 Å². The number of hydrogen-bond donors (Lipinski definition) is 0. The molecule has 0 aliphatic heterocycles. The van der Waals surface area contributed by atoms with Crippen LogP contribution in [0, 0.1) is 22.9 Å². The number of ether oxygens (including phenoxy) is 1. The van der Waals surface area contributed by atoms with E-state index in [-0.39, 0.29) is 11.5 Å². The van der Waals surface area contributed by atoms with E-state index >= 15 is 0 Å². The third-order valence-corrected chi connectivity index (χ3v) is 5.09. The molecule has 0 aliphatic rings. The molecular weight excluding hydrogens is 397 g/mol. The van der Waals surface area contributed by atoms with Crippen LogP contribution in [0.25, 0.3) is 10.9 Å². The first-order valence-electron chi connectivity index (χ1n) is 10.1. The molecule has 1 aromatic heterocycles. The molecule has 4 aromatic rings. The van der Waals surface area contributed by atoms with E-state index in [1.807, 2.05) is 35.9 Å². The predicted octanol–water partition coefficient (Wildman–Crippen LogP) is 5.45. The van der Waals surface area contributed by atoms with Crippen LogP contribution in [-0.4, -0.2) is 21.3 Å². The minimum Gasteiger partial charge on any atom is -0.476 e. The maximum Gasteiger partial charge on any atom is 0.269 e. The zero-order valence-corrected chi connectivity index (χ0v) is 17.1. The standard InChI is InChI=1S/C24H22FN3O3/c1-17-7-12-23-22(14-17)24(31-13-3-5-18-8-10-20(25)11-9-18)26-27(23)16-19-4-2-6-21(15-19)28(29)30/h2,4,6-12,14-15H,3,5,13,16H2,1H3. The maximum absolute atomic E-state index is 13.0. The zero-order valence-electron chi connectivity index (χ0n) is 17.1. The molecule has 0 unspecified atom stereocenters. The summed E-state index contributed by atoms with van der Waals surface area (Å²) >= 11 is 0. The molecule has 0 atom stereocenters. The lowest BCUT2D eigenvalue weighted by Crippen LogP contribution is -2.04. The van der Waals surface area contributed by atoms with Gasteiger partial charge in [-0.15, -0.1) is 5.10 Å². The Labute approximate surface area is 179 Å². The Morgan fingerprint density at radius 2 is 1.87 bits per heavy atom. The van der Waals surface area contributed by atoms with Crippen LogP contribution in [0.4, 0.5) is 10.1 Å². The molecule has 3 aromatic carbocycles. The number of hydrogen-bond acceptors (Lipinski definition) is 4. The van der Waals surface area contributed by atoms with E-state index in [4.69, 9.17) is 4.74 Å². The first-order valence-corrected chi connectivity index (χ1v) is 10.1. The Morgan fingerprint density at radius 3 is 2.65 bits per heavy atom. The highest BCUT2D eigenvalue weighted by Crippen LogP contribution is 2.27. The molecule has 0 spiro atoms. The second-order valence-electron chi connectivity index (χ2n) is 7.49. The topological polar surface area (TPSA) is 70.2 Å². The molecule has 158 valence electrons. The van der Waals surface area contributed by atoms with Crippen molar-refractivity contribution in [2.75, 3.05) is 6.61 Å². The van der Waals surface area contributed by atoms with Crippen molar-refractivity contribution < 1.29 is 14.1 Å². The minimum atomic E-state index is -0.399. The lowest BCUT2D eigenvalue weighted by molar-refractivity contribution is -0.384. The average Bonchev–Trinajstić information content (AvgIpc) is 3.09. The molecule has 0 N–H and O–H groups in total. The quantitative estimate of drug-likeness (QED) is 0.216. The van der Waals surface area contributed by atoms with E-state index < -0.39 is 4.92 Å². The fraction of sp³-hybridized carbons (Fsp3) is 0.208. The summed E-state index contributed by atoms with van der Waals surface area (Å²) in [5.74, 6) is 0.305. The normalized spacial score (nSPS) is 11.0. The van der Waals surface area contributed by atoms with E-state index in [1.54, 1.807) is 24.3 Å². The number of rotatable bonds is 8. The van der Waals surface area contributed by atoms with Crippen LogP contribution in [0.15, 0.2) is 66.7 Å². The Morgan fingerprint density at radius 1 is 1.06 bits per heavy atom. The highest BCUT2D eigenvalue weighted by Gasteiger charge is 2.14. The number of halogens is 1. The van der Waals surface area contributed by atoms with Crippen LogP contribution in [-0.2, 0) is 13.0 Å². The number of aromatic nitrogens is 2. The van der Waals surface area contributed by atoms with E-state index in [0.29, 0.717) is 19.0 Å². The molecule has 31 heavy (non-hydrogen) atoms. The second-order valence-corrected chi connectivity index (χ2v) is 7.49. The molecule has 0 bridgehead atoms. The molecule has 0 radical (unpaired) electrons. The summed E-state index contributed by atoms with van der Waals surface area (Å²) in [5, 5.41) is 16.6. The van der Waals surface area contributed by atoms with Crippen LogP contribution < -0.4 is 4.74 Å². The molecule has 7 heteroatoms. The number of benzene rings is 3. The van der Waals surface area contributed by atoms with Gasteiger partial charge in [-0.25, -0.2) is 4.39 Å². The SMILES string of the molecule is Cc1ccc2c(c1)c(OCCCc1ccc(F)cc1)nn2Cc1cccc([N+](=O)[O-])c1. The van der Waals surface area contributed by atoms with Crippen molar-refractivity contribution in [3.63, 3.8) is 0 Å². The van der Waals surface area contributed by atoms with Crippen molar-refractivity contribution in [1.82, 2.24) is 9.78 Å². The van der Waals surface area contributed by atoms with E-state index in [0.717, 1.165) is 40.4 Å². The van der Waals surface area contributed by atoms with Gasteiger partial charge in [0, 0.05) is 12.1 Å². The summed E-state index contributed by atoms with van der Waals surface area (Å²) in [6.45, 7) is 2.89. The third kappa shape index (κ3) is 4.88. The maximum atomic E-state index is 13.0. The van der Waals surface area contributed by atoms with Crippen molar-refractivity contribution in [2.24, 2.45) is 0 Å². The van der Waals surface area contributed by atoms with Crippen LogP contribution in [0.5, 0.6) is 5.88 Å². The Kier molecular flexibility index (Phi) is 5.93.